The van der Waals surface area contributed by atoms with Crippen molar-refractivity contribution in [3.05, 3.63) is 45.8 Å². The van der Waals surface area contributed by atoms with Gasteiger partial charge in [-0.05, 0) is 18.6 Å². The zero-order chi connectivity index (χ0) is 10.9. The Labute approximate surface area is 86.8 Å². The molecule has 0 spiro atoms. The summed E-state index contributed by atoms with van der Waals surface area (Å²) in [6.07, 6.45) is 7.31. The van der Waals surface area contributed by atoms with E-state index in [2.05, 4.69) is 0 Å². The number of hydrogen-bond donors (Lipinski definition) is 0. The molecule has 0 saturated carbocycles. The van der Waals surface area contributed by atoms with E-state index >= 15 is 0 Å². The van der Waals surface area contributed by atoms with E-state index in [4.69, 9.17) is 9.47 Å². The van der Waals surface area contributed by atoms with Gasteiger partial charge in [0.1, 0.15) is 0 Å². The highest BCUT2D eigenvalue weighted by Crippen LogP contribution is 2.38. The van der Waals surface area contributed by atoms with Gasteiger partial charge < -0.3 is 4.74 Å². The normalized spacial score (nSPS) is 29.4. The summed E-state index contributed by atoms with van der Waals surface area (Å²) in [5.74, 6) is 0.292. The molecule has 80 valence electrons. The second-order valence-electron chi connectivity index (χ2n) is 3.40. The predicted molar refractivity (Wildman–Crippen MR) is 52.4 cm³/mol. The maximum absolute atomic E-state index is 11.0. The maximum Gasteiger partial charge on any atom is 0.389 e. The quantitative estimate of drug-likeness (QED) is 0.513. The van der Waals surface area contributed by atoms with Crippen LogP contribution in [0.3, 0.4) is 0 Å². The summed E-state index contributed by atoms with van der Waals surface area (Å²) in [6, 6.07) is 0. The summed E-state index contributed by atoms with van der Waals surface area (Å²) < 4.78 is 10.2. The number of fused-ring (bicyclic) bond motifs is 1. The monoisotopic (exact) mass is 209 g/mol. The van der Waals surface area contributed by atoms with Crippen LogP contribution in [0.4, 0.5) is 0 Å². The molecule has 1 fully saturated rings. The molecule has 1 aliphatic heterocycles. The fourth-order valence-corrected chi connectivity index (χ4v) is 1.74. The van der Waals surface area contributed by atoms with Gasteiger partial charge in [-0.2, -0.15) is 0 Å². The maximum atomic E-state index is 11.0. The molecule has 1 heterocycles. The van der Waals surface area contributed by atoms with Crippen LogP contribution in [0.15, 0.2) is 35.6 Å². The number of nitro groups is 1. The summed E-state index contributed by atoms with van der Waals surface area (Å²) in [7, 11) is 0. The molecule has 2 rings (SSSR count). The minimum absolute atomic E-state index is 0.0518. The Hall–Kier alpha value is -1.62. The zero-order valence-electron chi connectivity index (χ0n) is 8.30. The van der Waals surface area contributed by atoms with Crippen molar-refractivity contribution in [2.45, 2.75) is 19.1 Å². The third-order valence-electron chi connectivity index (χ3n) is 2.47. The van der Waals surface area contributed by atoms with Crippen molar-refractivity contribution < 1.29 is 14.4 Å². The van der Waals surface area contributed by atoms with Gasteiger partial charge in [-0.15, -0.1) is 0 Å². The van der Waals surface area contributed by atoms with Crippen molar-refractivity contribution in [2.75, 3.05) is 6.79 Å². The highest BCUT2D eigenvalue weighted by atomic mass is 16.8. The Morgan fingerprint density at radius 1 is 1.60 bits per heavy atom. The molecule has 0 bridgehead atoms. The molecule has 0 aromatic rings. The third kappa shape index (κ3) is 1.45. The van der Waals surface area contributed by atoms with E-state index in [-0.39, 0.29) is 13.2 Å². The van der Waals surface area contributed by atoms with E-state index in [0.717, 1.165) is 5.57 Å². The lowest BCUT2D eigenvalue weighted by Gasteiger charge is -2.20. The lowest BCUT2D eigenvalue weighted by atomic mass is 9.95. The van der Waals surface area contributed by atoms with Crippen LogP contribution < -0.4 is 0 Å². The molecule has 0 radical (unpaired) electrons. The first-order chi connectivity index (χ1) is 7.19. The van der Waals surface area contributed by atoms with Gasteiger partial charge in [-0.1, -0.05) is 18.2 Å². The van der Waals surface area contributed by atoms with Crippen LogP contribution in [0.25, 0.3) is 0 Å². The SMILES string of the molecule is CC=CC1=CC=C2OCOC2([N+](=O)[O-])C1. The standard InChI is InChI=1S/C10H11NO4/c1-2-3-8-4-5-9-10(6-8,11(12)13)15-7-14-9/h2-5H,6-7H2,1H3. The molecule has 5 heteroatoms. The predicted octanol–water partition coefficient (Wildman–Crippen LogP) is 1.75. The molecule has 0 aromatic heterocycles. The molecule has 0 N–H and O–H groups in total. The summed E-state index contributed by atoms with van der Waals surface area (Å²) in [4.78, 5) is 10.6. The van der Waals surface area contributed by atoms with Gasteiger partial charge in [0.15, 0.2) is 6.79 Å². The number of nitrogens with zero attached hydrogens (tertiary/aromatic N) is 1. The molecule has 0 aromatic carbocycles. The molecule has 0 amide bonds. The van der Waals surface area contributed by atoms with E-state index < -0.39 is 10.6 Å². The van der Waals surface area contributed by atoms with Crippen LogP contribution in [0, 0.1) is 10.1 Å². The summed E-state index contributed by atoms with van der Waals surface area (Å²) in [6.45, 7) is 1.81. The van der Waals surface area contributed by atoms with Crippen LogP contribution in [0.2, 0.25) is 0 Å². The van der Waals surface area contributed by atoms with Gasteiger partial charge in [0.05, 0.1) is 11.3 Å². The van der Waals surface area contributed by atoms with Crippen LogP contribution in [-0.2, 0) is 9.47 Å². The number of rotatable bonds is 2. The molecule has 15 heavy (non-hydrogen) atoms. The van der Waals surface area contributed by atoms with E-state index in [0.29, 0.717) is 5.76 Å². The second-order valence-corrected chi connectivity index (χ2v) is 3.40. The van der Waals surface area contributed by atoms with E-state index in [1.165, 1.54) is 0 Å². The molecule has 1 atom stereocenters. The van der Waals surface area contributed by atoms with Crippen molar-refractivity contribution in [1.29, 1.82) is 0 Å². The molecular weight excluding hydrogens is 198 g/mol. The molecule has 1 unspecified atom stereocenters. The first kappa shape index (κ1) is 9.92. The van der Waals surface area contributed by atoms with E-state index in [1.807, 2.05) is 25.2 Å². The molecule has 1 saturated heterocycles. The van der Waals surface area contributed by atoms with E-state index in [9.17, 15) is 10.1 Å². The topological polar surface area (TPSA) is 61.6 Å². The summed E-state index contributed by atoms with van der Waals surface area (Å²) in [5.41, 5.74) is -0.632. The molecular formula is C10H11NO4. The minimum atomic E-state index is -1.50. The average molecular weight is 209 g/mol. The van der Waals surface area contributed by atoms with Crippen molar-refractivity contribution in [1.82, 2.24) is 0 Å². The first-order valence-corrected chi connectivity index (χ1v) is 4.64. The van der Waals surface area contributed by atoms with Crippen molar-refractivity contribution in [2.24, 2.45) is 0 Å². The number of hydrogen-bond acceptors (Lipinski definition) is 4. The Kier molecular flexibility index (Phi) is 2.32. The lowest BCUT2D eigenvalue weighted by Crippen LogP contribution is -2.40. The molecule has 1 aliphatic carbocycles. The van der Waals surface area contributed by atoms with Gasteiger partial charge in [-0.25, -0.2) is 0 Å². The zero-order valence-corrected chi connectivity index (χ0v) is 8.30. The number of allylic oxidation sites excluding steroid dienone is 4. The van der Waals surface area contributed by atoms with Crippen molar-refractivity contribution in [3.63, 3.8) is 0 Å². The summed E-state index contributed by atoms with van der Waals surface area (Å²) >= 11 is 0. The lowest BCUT2D eigenvalue weighted by molar-refractivity contribution is -0.610. The van der Waals surface area contributed by atoms with Crippen LogP contribution in [-0.4, -0.2) is 17.4 Å². The summed E-state index contributed by atoms with van der Waals surface area (Å²) in [5, 5.41) is 11.0. The molecule has 5 nitrogen and oxygen atoms in total. The van der Waals surface area contributed by atoms with Crippen LogP contribution >= 0.6 is 0 Å². The highest BCUT2D eigenvalue weighted by Gasteiger charge is 2.55. The smallest absolute Gasteiger partial charge is 0.389 e. The van der Waals surface area contributed by atoms with Crippen molar-refractivity contribution in [3.8, 4) is 0 Å². The Bertz CT molecular complexity index is 383. The van der Waals surface area contributed by atoms with Gasteiger partial charge in [0.2, 0.25) is 5.76 Å². The second kappa shape index (κ2) is 3.51. The minimum Gasteiger partial charge on any atom is -0.461 e. The van der Waals surface area contributed by atoms with Gasteiger partial charge in [0, 0.05) is 0 Å². The fourth-order valence-electron chi connectivity index (χ4n) is 1.74. The third-order valence-corrected chi connectivity index (χ3v) is 2.47. The van der Waals surface area contributed by atoms with Gasteiger partial charge in [0.25, 0.3) is 0 Å². The first-order valence-electron chi connectivity index (χ1n) is 4.64. The van der Waals surface area contributed by atoms with Crippen molar-refractivity contribution >= 4 is 0 Å². The molecule has 2 aliphatic rings. The largest absolute Gasteiger partial charge is 0.461 e. The Morgan fingerprint density at radius 2 is 2.40 bits per heavy atom. The Morgan fingerprint density at radius 3 is 3.07 bits per heavy atom. The van der Waals surface area contributed by atoms with Crippen LogP contribution in [0.5, 0.6) is 0 Å². The highest BCUT2D eigenvalue weighted by molar-refractivity contribution is 5.34. The van der Waals surface area contributed by atoms with Gasteiger partial charge >= 0.3 is 5.72 Å². The van der Waals surface area contributed by atoms with E-state index in [1.54, 1.807) is 6.08 Å². The fraction of sp³-hybridized carbons (Fsp3) is 0.400. The van der Waals surface area contributed by atoms with Crippen LogP contribution in [0.1, 0.15) is 13.3 Å². The van der Waals surface area contributed by atoms with Gasteiger partial charge in [-0.3, -0.25) is 14.9 Å². The average Bonchev–Trinajstić information content (AvgIpc) is 2.62. The number of ether oxygens (including phenoxy) is 2. The Balaban J connectivity index is 2.36.